The van der Waals surface area contributed by atoms with Crippen LogP contribution in [0.2, 0.25) is 0 Å². The van der Waals surface area contributed by atoms with Gasteiger partial charge in [-0.15, -0.1) is 0 Å². The van der Waals surface area contributed by atoms with E-state index in [0.717, 1.165) is 24.4 Å². The minimum atomic E-state index is -0.553. The molecule has 0 aliphatic carbocycles. The third-order valence-electron chi connectivity index (χ3n) is 4.03. The van der Waals surface area contributed by atoms with Gasteiger partial charge in [0.05, 0.1) is 22.6 Å². The van der Waals surface area contributed by atoms with Gasteiger partial charge in [-0.25, -0.2) is 0 Å². The van der Waals surface area contributed by atoms with E-state index in [-0.39, 0.29) is 11.7 Å². The molecule has 0 saturated heterocycles. The fraction of sp³-hybridized carbons (Fsp3) is 0.562. The van der Waals surface area contributed by atoms with Crippen LogP contribution in [0.4, 0.5) is 5.82 Å². The summed E-state index contributed by atoms with van der Waals surface area (Å²) >= 11 is 0. The van der Waals surface area contributed by atoms with E-state index in [1.807, 2.05) is 31.5 Å². The maximum absolute atomic E-state index is 12.4. The van der Waals surface area contributed by atoms with Crippen LogP contribution in [-0.4, -0.2) is 36.9 Å². The van der Waals surface area contributed by atoms with Crippen LogP contribution in [0.15, 0.2) is 12.1 Å². The third-order valence-corrected chi connectivity index (χ3v) is 4.03. The van der Waals surface area contributed by atoms with Gasteiger partial charge in [0.1, 0.15) is 0 Å². The molecule has 0 saturated carbocycles. The summed E-state index contributed by atoms with van der Waals surface area (Å²) in [6.45, 7) is 8.74. The summed E-state index contributed by atoms with van der Waals surface area (Å²) in [4.78, 5) is 22.7. The van der Waals surface area contributed by atoms with E-state index in [4.69, 9.17) is 0 Å². The molecule has 0 aliphatic heterocycles. The van der Waals surface area contributed by atoms with Crippen LogP contribution in [0.1, 0.15) is 42.9 Å². The monoisotopic (exact) mass is 348 g/mol. The molecule has 1 amide bonds. The van der Waals surface area contributed by atoms with Crippen LogP contribution in [0.3, 0.4) is 0 Å². The molecule has 1 atom stereocenters. The lowest BCUT2D eigenvalue weighted by atomic mass is 10.2. The highest BCUT2D eigenvalue weighted by Gasteiger charge is 2.26. The van der Waals surface area contributed by atoms with E-state index in [2.05, 4.69) is 15.5 Å². The van der Waals surface area contributed by atoms with E-state index in [9.17, 15) is 14.9 Å². The predicted octanol–water partition coefficient (Wildman–Crippen LogP) is 2.07. The zero-order valence-electron chi connectivity index (χ0n) is 15.0. The summed E-state index contributed by atoms with van der Waals surface area (Å²) in [6, 6.07) is 2.83. The van der Waals surface area contributed by atoms with Gasteiger partial charge in [-0.2, -0.15) is 9.78 Å². The fourth-order valence-corrected chi connectivity index (χ4v) is 2.80. The smallest absolute Gasteiger partial charge is 0.358 e. The second kappa shape index (κ2) is 7.91. The summed E-state index contributed by atoms with van der Waals surface area (Å²) in [6.07, 6.45) is 1.26. The van der Waals surface area contributed by atoms with Crippen molar-refractivity contribution in [3.8, 4) is 0 Å². The van der Waals surface area contributed by atoms with Crippen molar-refractivity contribution in [1.29, 1.82) is 0 Å². The number of hydrogen-bond acceptors (Lipinski definition) is 5. The van der Waals surface area contributed by atoms with E-state index >= 15 is 0 Å². The van der Waals surface area contributed by atoms with Gasteiger partial charge in [-0.1, -0.05) is 6.92 Å². The Bertz CT molecular complexity index is 764. The molecule has 136 valence electrons. The molecule has 0 aliphatic rings. The number of aryl methyl sites for hydroxylation is 4. The topological polar surface area (TPSA) is 108 Å². The Hall–Kier alpha value is -2.71. The number of rotatable bonds is 8. The van der Waals surface area contributed by atoms with Crippen LogP contribution in [0.25, 0.3) is 0 Å². The summed E-state index contributed by atoms with van der Waals surface area (Å²) < 4.78 is 3.34. The maximum atomic E-state index is 12.4. The molecule has 25 heavy (non-hydrogen) atoms. The van der Waals surface area contributed by atoms with Crippen molar-refractivity contribution in [3.63, 3.8) is 0 Å². The molecule has 0 aromatic carbocycles. The molecule has 0 spiro atoms. The van der Waals surface area contributed by atoms with E-state index in [1.165, 1.54) is 10.7 Å². The molecule has 1 N–H and O–H groups in total. The van der Waals surface area contributed by atoms with Gasteiger partial charge in [0, 0.05) is 18.8 Å². The van der Waals surface area contributed by atoms with Crippen LogP contribution in [0.5, 0.6) is 0 Å². The summed E-state index contributed by atoms with van der Waals surface area (Å²) in [5, 5.41) is 22.0. The van der Waals surface area contributed by atoms with Gasteiger partial charge >= 0.3 is 5.82 Å². The molecular formula is C16H24N6O3. The Balaban J connectivity index is 1.92. The van der Waals surface area contributed by atoms with Crippen LogP contribution >= 0.6 is 0 Å². The molecule has 2 heterocycles. The lowest BCUT2D eigenvalue weighted by Gasteiger charge is -2.14. The van der Waals surface area contributed by atoms with Crippen LogP contribution < -0.4 is 5.32 Å². The molecule has 2 rings (SSSR count). The number of nitro groups is 1. The Morgan fingerprint density at radius 1 is 1.28 bits per heavy atom. The van der Waals surface area contributed by atoms with Crippen molar-refractivity contribution in [3.05, 3.63) is 39.3 Å². The molecule has 0 radical (unpaired) electrons. The number of nitrogens with zero attached hydrogens (tertiary/aromatic N) is 5. The average Bonchev–Trinajstić information content (AvgIpc) is 3.07. The van der Waals surface area contributed by atoms with E-state index < -0.39 is 11.0 Å². The lowest BCUT2D eigenvalue weighted by Crippen LogP contribution is -2.34. The van der Waals surface area contributed by atoms with Gasteiger partial charge < -0.3 is 15.4 Å². The number of carbonyl (C=O) groups excluding carboxylic acids is 1. The molecule has 0 fully saturated rings. The molecule has 9 heteroatoms. The molecule has 1 unspecified atom stereocenters. The first-order chi connectivity index (χ1) is 11.8. The van der Waals surface area contributed by atoms with Crippen LogP contribution in [0, 0.1) is 30.9 Å². The predicted molar refractivity (Wildman–Crippen MR) is 92.3 cm³/mol. The summed E-state index contributed by atoms with van der Waals surface area (Å²) in [5.74, 6) is -0.426. The second-order valence-corrected chi connectivity index (χ2v) is 6.06. The number of aromatic nitrogens is 4. The van der Waals surface area contributed by atoms with Crippen LogP contribution in [-0.2, 0) is 11.3 Å². The van der Waals surface area contributed by atoms with Gasteiger partial charge in [0.25, 0.3) is 0 Å². The third kappa shape index (κ3) is 4.43. The normalized spacial score (nSPS) is 12.2. The lowest BCUT2D eigenvalue weighted by molar-refractivity contribution is -0.389. The standard InChI is InChI=1S/C16H24N6O3/c1-5-14(21-13(4)10-15(19-21)22(24)25)16(23)17-7-6-8-20-12(3)9-11(2)18-20/h9-10,14H,5-8H2,1-4H3,(H,17,23). The van der Waals surface area contributed by atoms with Crippen molar-refractivity contribution >= 4 is 11.7 Å². The first-order valence-corrected chi connectivity index (χ1v) is 8.32. The minimum absolute atomic E-state index is 0.183. The Kier molecular flexibility index (Phi) is 5.89. The average molecular weight is 348 g/mol. The van der Waals surface area contributed by atoms with Gasteiger partial charge in [-0.05, 0) is 44.6 Å². The highest BCUT2D eigenvalue weighted by molar-refractivity contribution is 5.80. The largest absolute Gasteiger partial charge is 0.390 e. The molecule has 9 nitrogen and oxygen atoms in total. The summed E-state index contributed by atoms with van der Waals surface area (Å²) in [7, 11) is 0. The van der Waals surface area contributed by atoms with Gasteiger partial charge in [0.15, 0.2) is 6.04 Å². The maximum Gasteiger partial charge on any atom is 0.390 e. The SMILES string of the molecule is CCC(C(=O)NCCCn1nc(C)cc1C)n1nc([N+](=O)[O-])cc1C. The molecule has 2 aromatic rings. The second-order valence-electron chi connectivity index (χ2n) is 6.06. The van der Waals surface area contributed by atoms with Crippen molar-refractivity contribution in [2.45, 2.75) is 53.1 Å². The highest BCUT2D eigenvalue weighted by atomic mass is 16.6. The van der Waals surface area contributed by atoms with E-state index in [0.29, 0.717) is 18.7 Å². The quantitative estimate of drug-likeness (QED) is 0.446. The Morgan fingerprint density at radius 3 is 2.52 bits per heavy atom. The van der Waals surface area contributed by atoms with Crippen molar-refractivity contribution in [2.24, 2.45) is 0 Å². The van der Waals surface area contributed by atoms with Crippen molar-refractivity contribution in [1.82, 2.24) is 24.9 Å². The minimum Gasteiger partial charge on any atom is -0.358 e. The number of nitrogens with one attached hydrogen (secondary N) is 1. The fourth-order valence-electron chi connectivity index (χ4n) is 2.80. The van der Waals surface area contributed by atoms with Gasteiger partial charge in [0.2, 0.25) is 5.91 Å². The summed E-state index contributed by atoms with van der Waals surface area (Å²) in [5.41, 5.74) is 2.66. The first-order valence-electron chi connectivity index (χ1n) is 8.32. The molecule has 0 bridgehead atoms. The zero-order chi connectivity index (χ0) is 18.6. The number of amides is 1. The molecular weight excluding hydrogens is 324 g/mol. The molecule has 2 aromatic heterocycles. The first kappa shape index (κ1) is 18.6. The Labute approximate surface area is 146 Å². The highest BCUT2D eigenvalue weighted by Crippen LogP contribution is 2.18. The number of carbonyl (C=O) groups is 1. The zero-order valence-corrected chi connectivity index (χ0v) is 15.0. The van der Waals surface area contributed by atoms with E-state index in [1.54, 1.807) is 6.92 Å². The Morgan fingerprint density at radius 2 is 2.00 bits per heavy atom. The number of hydrogen-bond donors (Lipinski definition) is 1. The van der Waals surface area contributed by atoms with Gasteiger partial charge in [-0.3, -0.25) is 9.48 Å². The van der Waals surface area contributed by atoms with Crippen molar-refractivity contribution < 1.29 is 9.72 Å². The van der Waals surface area contributed by atoms with Crippen molar-refractivity contribution in [2.75, 3.05) is 6.54 Å².